The highest BCUT2D eigenvalue weighted by Gasteiger charge is 2.30. The number of hydrogen-bond donors (Lipinski definition) is 0. The minimum Gasteiger partial charge on any atom is -0.355 e. The number of aromatic nitrogens is 1. The normalized spacial score (nSPS) is 18.4. The molecule has 1 fully saturated rings. The maximum absolute atomic E-state index is 12.8. The van der Waals surface area contributed by atoms with E-state index in [0.717, 1.165) is 37.5 Å². The third kappa shape index (κ3) is 3.53. The van der Waals surface area contributed by atoms with Gasteiger partial charge in [0.05, 0.1) is 5.56 Å². The highest BCUT2D eigenvalue weighted by molar-refractivity contribution is 5.65. The fourth-order valence-electron chi connectivity index (χ4n) is 2.99. The molecule has 0 radical (unpaired) electrons. The van der Waals surface area contributed by atoms with Gasteiger partial charge in [-0.05, 0) is 50.3 Å². The van der Waals surface area contributed by atoms with E-state index in [1.54, 1.807) is 12.3 Å². The van der Waals surface area contributed by atoms with E-state index in [2.05, 4.69) is 28.9 Å². The summed E-state index contributed by atoms with van der Waals surface area (Å²) in [5.41, 5.74) is 0.571. The van der Waals surface area contributed by atoms with Crippen LogP contribution in [0.3, 0.4) is 0 Å². The van der Waals surface area contributed by atoms with Crippen LogP contribution in [-0.4, -0.2) is 43.1 Å². The smallest absolute Gasteiger partial charge is 0.355 e. The van der Waals surface area contributed by atoms with Crippen molar-refractivity contribution in [3.8, 4) is 11.1 Å². The summed E-state index contributed by atoms with van der Waals surface area (Å²) in [6.45, 7) is 1.86. The van der Waals surface area contributed by atoms with Gasteiger partial charge in [0, 0.05) is 30.9 Å². The lowest BCUT2D eigenvalue weighted by molar-refractivity contribution is -0.137. The zero-order valence-corrected chi connectivity index (χ0v) is 13.7. The van der Waals surface area contributed by atoms with Crippen molar-refractivity contribution >= 4 is 5.82 Å². The van der Waals surface area contributed by atoms with Gasteiger partial charge in [-0.15, -0.1) is 0 Å². The van der Waals surface area contributed by atoms with E-state index in [-0.39, 0.29) is 0 Å². The van der Waals surface area contributed by atoms with Crippen LogP contribution in [0.2, 0.25) is 0 Å². The topological polar surface area (TPSA) is 19.4 Å². The van der Waals surface area contributed by atoms with Crippen LogP contribution in [0.25, 0.3) is 11.1 Å². The molecule has 1 saturated heterocycles. The number of anilines is 1. The predicted octanol–water partition coefficient (Wildman–Crippen LogP) is 3.91. The molecule has 1 unspecified atom stereocenters. The summed E-state index contributed by atoms with van der Waals surface area (Å²) < 4.78 is 38.5. The number of alkyl halides is 3. The number of halogens is 3. The minimum absolute atomic E-state index is 0.509. The van der Waals surface area contributed by atoms with Crippen LogP contribution < -0.4 is 4.90 Å². The van der Waals surface area contributed by atoms with E-state index in [1.807, 2.05) is 12.1 Å². The van der Waals surface area contributed by atoms with Crippen molar-refractivity contribution < 1.29 is 13.2 Å². The highest BCUT2D eigenvalue weighted by Crippen LogP contribution is 2.32. The molecule has 0 N–H and O–H groups in total. The van der Waals surface area contributed by atoms with E-state index in [9.17, 15) is 13.2 Å². The Kier molecular flexibility index (Phi) is 4.49. The molecule has 1 atom stereocenters. The second-order valence-electron chi connectivity index (χ2n) is 6.34. The van der Waals surface area contributed by atoms with Crippen LogP contribution in [0.4, 0.5) is 19.0 Å². The molecule has 128 valence electrons. The summed E-state index contributed by atoms with van der Waals surface area (Å²) in [4.78, 5) is 8.86. The molecule has 1 aromatic heterocycles. The molecule has 2 aromatic rings. The van der Waals surface area contributed by atoms with Gasteiger partial charge in [0.15, 0.2) is 0 Å². The summed E-state index contributed by atoms with van der Waals surface area (Å²) in [5, 5.41) is 0. The van der Waals surface area contributed by atoms with Crippen molar-refractivity contribution in [2.45, 2.75) is 18.6 Å². The molecule has 6 heteroatoms. The van der Waals surface area contributed by atoms with Crippen LogP contribution in [0.15, 0.2) is 42.6 Å². The van der Waals surface area contributed by atoms with Crippen LogP contribution in [0.5, 0.6) is 0 Å². The Labute approximate surface area is 139 Å². The van der Waals surface area contributed by atoms with Gasteiger partial charge in [0.2, 0.25) is 0 Å². The summed E-state index contributed by atoms with van der Waals surface area (Å²) in [7, 11) is 4.14. The lowest BCUT2D eigenvalue weighted by Gasteiger charge is -2.21. The molecule has 1 aliphatic rings. The van der Waals surface area contributed by atoms with Crippen LogP contribution in [-0.2, 0) is 6.18 Å². The third-order valence-corrected chi connectivity index (χ3v) is 4.49. The van der Waals surface area contributed by atoms with Gasteiger partial charge in [0.25, 0.3) is 0 Å². The second kappa shape index (κ2) is 6.43. The Bertz CT molecular complexity index is 695. The fourth-order valence-corrected chi connectivity index (χ4v) is 2.99. The molecule has 0 amide bonds. The molecule has 1 aliphatic heterocycles. The van der Waals surface area contributed by atoms with Crippen LogP contribution >= 0.6 is 0 Å². The van der Waals surface area contributed by atoms with Crippen molar-refractivity contribution in [2.24, 2.45) is 0 Å². The average molecular weight is 335 g/mol. The van der Waals surface area contributed by atoms with E-state index >= 15 is 0 Å². The van der Waals surface area contributed by atoms with E-state index in [0.29, 0.717) is 17.2 Å². The van der Waals surface area contributed by atoms with E-state index in [1.165, 1.54) is 6.07 Å². The quantitative estimate of drug-likeness (QED) is 0.848. The fraction of sp³-hybridized carbons (Fsp3) is 0.389. The van der Waals surface area contributed by atoms with Gasteiger partial charge in [0.1, 0.15) is 5.82 Å². The molecule has 0 spiro atoms. The highest BCUT2D eigenvalue weighted by atomic mass is 19.4. The largest absolute Gasteiger partial charge is 0.416 e. The molecular formula is C18H20F3N3. The molecule has 3 rings (SSSR count). The first-order chi connectivity index (χ1) is 11.3. The summed E-state index contributed by atoms with van der Waals surface area (Å²) in [6.07, 6.45) is -1.60. The zero-order chi connectivity index (χ0) is 17.3. The molecule has 3 nitrogen and oxygen atoms in total. The summed E-state index contributed by atoms with van der Waals surface area (Å²) in [5.74, 6) is 0.870. The van der Waals surface area contributed by atoms with Crippen LogP contribution in [0, 0.1) is 0 Å². The Morgan fingerprint density at radius 2 is 1.92 bits per heavy atom. The lowest BCUT2D eigenvalue weighted by atomic mass is 10.0. The standard InChI is InChI=1S/C18H20F3N3/c1-23(2)16-8-9-24(12-16)17-7-6-14(11-22-17)13-4-3-5-15(10-13)18(19,20)21/h3-7,10-11,16H,8-9,12H2,1-2H3. The predicted molar refractivity (Wildman–Crippen MR) is 89.0 cm³/mol. The Morgan fingerprint density at radius 1 is 1.12 bits per heavy atom. The van der Waals surface area contributed by atoms with Gasteiger partial charge >= 0.3 is 6.18 Å². The molecule has 0 bridgehead atoms. The first-order valence-electron chi connectivity index (χ1n) is 7.89. The Hall–Kier alpha value is -2.08. The maximum Gasteiger partial charge on any atom is 0.416 e. The number of likely N-dealkylation sites (N-methyl/N-ethyl adjacent to an activating group) is 1. The Morgan fingerprint density at radius 3 is 2.50 bits per heavy atom. The molecule has 24 heavy (non-hydrogen) atoms. The number of benzene rings is 1. The molecular weight excluding hydrogens is 315 g/mol. The van der Waals surface area contributed by atoms with Gasteiger partial charge in [-0.3, -0.25) is 0 Å². The Balaban J connectivity index is 1.78. The van der Waals surface area contributed by atoms with Crippen molar-refractivity contribution in [3.63, 3.8) is 0 Å². The SMILES string of the molecule is CN(C)C1CCN(c2ccc(-c3cccc(C(F)(F)F)c3)cn2)C1. The van der Waals surface area contributed by atoms with Crippen molar-refractivity contribution in [1.82, 2.24) is 9.88 Å². The van der Waals surface area contributed by atoms with Crippen molar-refractivity contribution in [2.75, 3.05) is 32.1 Å². The lowest BCUT2D eigenvalue weighted by Crippen LogP contribution is -2.31. The van der Waals surface area contributed by atoms with Crippen molar-refractivity contribution in [3.05, 3.63) is 48.2 Å². The average Bonchev–Trinajstić information content (AvgIpc) is 3.05. The molecule has 1 aromatic carbocycles. The molecule has 0 aliphatic carbocycles. The number of rotatable bonds is 3. The van der Waals surface area contributed by atoms with Crippen LogP contribution in [0.1, 0.15) is 12.0 Å². The minimum atomic E-state index is -4.33. The summed E-state index contributed by atoms with van der Waals surface area (Å²) in [6, 6.07) is 9.56. The number of pyridine rings is 1. The van der Waals surface area contributed by atoms with E-state index < -0.39 is 11.7 Å². The third-order valence-electron chi connectivity index (χ3n) is 4.49. The maximum atomic E-state index is 12.8. The first kappa shape index (κ1) is 16.8. The van der Waals surface area contributed by atoms with Gasteiger partial charge < -0.3 is 9.80 Å². The van der Waals surface area contributed by atoms with Gasteiger partial charge in [-0.2, -0.15) is 13.2 Å². The number of hydrogen-bond acceptors (Lipinski definition) is 3. The second-order valence-corrected chi connectivity index (χ2v) is 6.34. The molecule has 2 heterocycles. The first-order valence-corrected chi connectivity index (χ1v) is 7.89. The summed E-state index contributed by atoms with van der Waals surface area (Å²) >= 11 is 0. The van der Waals surface area contributed by atoms with E-state index in [4.69, 9.17) is 0 Å². The van der Waals surface area contributed by atoms with Gasteiger partial charge in [-0.1, -0.05) is 12.1 Å². The zero-order valence-electron chi connectivity index (χ0n) is 13.7. The molecule has 0 saturated carbocycles. The number of nitrogens with zero attached hydrogens (tertiary/aromatic N) is 3. The van der Waals surface area contributed by atoms with Gasteiger partial charge in [-0.25, -0.2) is 4.98 Å². The van der Waals surface area contributed by atoms with Crippen molar-refractivity contribution in [1.29, 1.82) is 0 Å². The monoisotopic (exact) mass is 335 g/mol.